The largest absolute Gasteiger partial charge is 0.387 e. The van der Waals surface area contributed by atoms with Crippen LogP contribution in [0.1, 0.15) is 31.6 Å². The van der Waals surface area contributed by atoms with Crippen molar-refractivity contribution >= 4 is 23.2 Å². The maximum Gasteiger partial charge on any atom is 0.226 e. The third-order valence-corrected chi connectivity index (χ3v) is 3.20. The zero-order chi connectivity index (χ0) is 15.2. The molecule has 2 N–H and O–H groups in total. The van der Waals surface area contributed by atoms with E-state index in [0.717, 1.165) is 0 Å². The number of amides is 1. The summed E-state index contributed by atoms with van der Waals surface area (Å²) in [7, 11) is 0. The highest BCUT2D eigenvalue weighted by Gasteiger charge is 2.10. The third kappa shape index (κ3) is 4.54. The Kier molecular flexibility index (Phi) is 5.30. The fourth-order valence-electron chi connectivity index (χ4n) is 1.79. The van der Waals surface area contributed by atoms with Gasteiger partial charge < -0.3 is 10.4 Å². The van der Waals surface area contributed by atoms with Gasteiger partial charge in [0.1, 0.15) is 5.69 Å². The molecule has 21 heavy (non-hydrogen) atoms. The minimum atomic E-state index is -0.612. The van der Waals surface area contributed by atoms with Crippen molar-refractivity contribution in [3.8, 4) is 0 Å². The van der Waals surface area contributed by atoms with Gasteiger partial charge in [-0.25, -0.2) is 0 Å². The van der Waals surface area contributed by atoms with Gasteiger partial charge in [-0.15, -0.1) is 5.10 Å². The predicted octanol–water partition coefficient (Wildman–Crippen LogP) is 2.40. The number of aliphatic hydroxyl groups excluding tert-OH is 1. The van der Waals surface area contributed by atoms with E-state index in [1.54, 1.807) is 35.1 Å². The normalized spacial score (nSPS) is 12.1. The molecule has 0 aliphatic rings. The molecule has 1 atom stereocenters. The van der Waals surface area contributed by atoms with E-state index in [4.69, 9.17) is 11.6 Å². The lowest BCUT2D eigenvalue weighted by Gasteiger charge is -2.05. The van der Waals surface area contributed by atoms with Gasteiger partial charge in [-0.2, -0.15) is 0 Å². The molecule has 112 valence electrons. The fourth-order valence-corrected chi connectivity index (χ4v) is 1.98. The average Bonchev–Trinajstić information content (AvgIpc) is 2.93. The Hall–Kier alpha value is -1.92. The molecular formula is C14H17ClN4O2. The highest BCUT2D eigenvalue weighted by Crippen LogP contribution is 2.15. The number of carbonyl (C=O) groups is 1. The Labute approximate surface area is 127 Å². The van der Waals surface area contributed by atoms with Crippen LogP contribution in [0.15, 0.2) is 30.5 Å². The maximum absolute atomic E-state index is 11.8. The third-order valence-electron chi connectivity index (χ3n) is 2.96. The minimum Gasteiger partial charge on any atom is -0.387 e. The summed E-state index contributed by atoms with van der Waals surface area (Å²) in [5.41, 5.74) is 1.18. The van der Waals surface area contributed by atoms with Gasteiger partial charge in [-0.1, -0.05) is 29.8 Å². The van der Waals surface area contributed by atoms with Gasteiger partial charge in [0.15, 0.2) is 0 Å². The molecule has 0 bridgehead atoms. The molecule has 7 heteroatoms. The van der Waals surface area contributed by atoms with E-state index >= 15 is 0 Å². The van der Waals surface area contributed by atoms with E-state index in [2.05, 4.69) is 15.6 Å². The van der Waals surface area contributed by atoms with Gasteiger partial charge in [-0.05, 0) is 24.6 Å². The Morgan fingerprint density at radius 2 is 2.33 bits per heavy atom. The van der Waals surface area contributed by atoms with Crippen molar-refractivity contribution in [2.24, 2.45) is 0 Å². The first kappa shape index (κ1) is 15.5. The SMILES string of the molecule is CCC(O)c1cn(CCC(=O)Nc2cccc(Cl)c2)nn1. The number of nitrogens with one attached hydrogen (secondary N) is 1. The molecule has 1 unspecified atom stereocenters. The lowest BCUT2D eigenvalue weighted by molar-refractivity contribution is -0.116. The molecule has 1 heterocycles. The number of carbonyl (C=O) groups excluding carboxylic acids is 1. The molecule has 0 saturated heterocycles. The number of hydrogen-bond donors (Lipinski definition) is 2. The molecule has 0 aliphatic carbocycles. The molecule has 0 spiro atoms. The Bertz CT molecular complexity index is 615. The van der Waals surface area contributed by atoms with Crippen molar-refractivity contribution in [1.29, 1.82) is 0 Å². The number of halogens is 1. The van der Waals surface area contributed by atoms with Gasteiger partial charge in [0, 0.05) is 17.1 Å². The summed E-state index contributed by atoms with van der Waals surface area (Å²) in [6.07, 6.45) is 1.88. The van der Waals surface area contributed by atoms with Crippen LogP contribution in [0.25, 0.3) is 0 Å². The van der Waals surface area contributed by atoms with Crippen LogP contribution >= 0.6 is 11.6 Å². The summed E-state index contributed by atoms with van der Waals surface area (Å²) in [6, 6.07) is 6.97. The molecule has 2 rings (SSSR count). The summed E-state index contributed by atoms with van der Waals surface area (Å²) in [5, 5.41) is 20.7. The molecule has 0 aliphatic heterocycles. The number of rotatable bonds is 6. The number of aromatic nitrogens is 3. The number of hydrogen-bond acceptors (Lipinski definition) is 4. The topological polar surface area (TPSA) is 80.0 Å². The van der Waals surface area contributed by atoms with Crippen molar-refractivity contribution in [1.82, 2.24) is 15.0 Å². The second-order valence-corrected chi connectivity index (χ2v) is 5.08. The molecule has 1 amide bonds. The lowest BCUT2D eigenvalue weighted by atomic mass is 10.2. The van der Waals surface area contributed by atoms with E-state index in [1.807, 2.05) is 6.92 Å². The van der Waals surface area contributed by atoms with Crippen LogP contribution < -0.4 is 5.32 Å². The molecule has 1 aromatic carbocycles. The predicted molar refractivity (Wildman–Crippen MR) is 80.0 cm³/mol. The Morgan fingerprint density at radius 1 is 1.52 bits per heavy atom. The Morgan fingerprint density at radius 3 is 3.05 bits per heavy atom. The molecule has 0 radical (unpaired) electrons. The van der Waals surface area contributed by atoms with Crippen molar-refractivity contribution in [2.75, 3.05) is 5.32 Å². The summed E-state index contributed by atoms with van der Waals surface area (Å²) >= 11 is 5.85. The van der Waals surface area contributed by atoms with Crippen LogP contribution in [-0.2, 0) is 11.3 Å². The smallest absolute Gasteiger partial charge is 0.226 e. The summed E-state index contributed by atoms with van der Waals surface area (Å²) in [6.45, 7) is 2.26. The molecule has 2 aromatic rings. The fraction of sp³-hybridized carbons (Fsp3) is 0.357. The van der Waals surface area contributed by atoms with Crippen LogP contribution in [0.4, 0.5) is 5.69 Å². The van der Waals surface area contributed by atoms with Gasteiger partial charge in [0.05, 0.1) is 18.8 Å². The van der Waals surface area contributed by atoms with Crippen molar-refractivity contribution in [2.45, 2.75) is 32.4 Å². The first-order chi connectivity index (χ1) is 10.1. The number of aryl methyl sites for hydroxylation is 1. The number of nitrogens with zero attached hydrogens (tertiary/aromatic N) is 3. The van der Waals surface area contributed by atoms with E-state index in [-0.39, 0.29) is 12.3 Å². The second-order valence-electron chi connectivity index (χ2n) is 4.64. The van der Waals surface area contributed by atoms with Gasteiger partial charge >= 0.3 is 0 Å². The van der Waals surface area contributed by atoms with Crippen molar-refractivity contribution in [3.63, 3.8) is 0 Å². The average molecular weight is 309 g/mol. The zero-order valence-corrected chi connectivity index (χ0v) is 12.4. The highest BCUT2D eigenvalue weighted by atomic mass is 35.5. The first-order valence-electron chi connectivity index (χ1n) is 6.72. The van der Waals surface area contributed by atoms with Gasteiger partial charge in [0.25, 0.3) is 0 Å². The summed E-state index contributed by atoms with van der Waals surface area (Å²) in [5.74, 6) is -0.134. The van der Waals surface area contributed by atoms with Crippen LogP contribution in [0.2, 0.25) is 5.02 Å². The van der Waals surface area contributed by atoms with E-state index in [1.165, 1.54) is 0 Å². The van der Waals surface area contributed by atoms with Gasteiger partial charge in [0.2, 0.25) is 5.91 Å². The van der Waals surface area contributed by atoms with Crippen molar-refractivity contribution in [3.05, 3.63) is 41.2 Å². The number of benzene rings is 1. The molecule has 6 nitrogen and oxygen atoms in total. The van der Waals surface area contributed by atoms with Crippen LogP contribution in [0.3, 0.4) is 0 Å². The number of aliphatic hydroxyl groups is 1. The van der Waals surface area contributed by atoms with Crippen molar-refractivity contribution < 1.29 is 9.90 Å². The molecule has 0 fully saturated rings. The maximum atomic E-state index is 11.8. The second kappa shape index (κ2) is 7.19. The highest BCUT2D eigenvalue weighted by molar-refractivity contribution is 6.30. The van der Waals surface area contributed by atoms with Crippen LogP contribution in [0, 0.1) is 0 Å². The molecular weight excluding hydrogens is 292 g/mol. The first-order valence-corrected chi connectivity index (χ1v) is 7.09. The van der Waals surface area contributed by atoms with E-state index < -0.39 is 6.10 Å². The Balaban J connectivity index is 1.85. The lowest BCUT2D eigenvalue weighted by Crippen LogP contribution is -2.14. The van der Waals surface area contributed by atoms with Crippen LogP contribution in [0.5, 0.6) is 0 Å². The zero-order valence-electron chi connectivity index (χ0n) is 11.7. The summed E-state index contributed by atoms with van der Waals surface area (Å²) < 4.78 is 1.55. The standard InChI is InChI=1S/C14H17ClN4O2/c1-2-13(20)12-9-19(18-17-12)7-6-14(21)16-11-5-3-4-10(15)8-11/h3-5,8-9,13,20H,2,6-7H2,1H3,(H,16,21). The monoisotopic (exact) mass is 308 g/mol. The van der Waals surface area contributed by atoms with Crippen LogP contribution in [-0.4, -0.2) is 26.0 Å². The van der Waals surface area contributed by atoms with E-state index in [9.17, 15) is 9.90 Å². The summed E-state index contributed by atoms with van der Waals surface area (Å²) in [4.78, 5) is 11.8. The molecule has 1 aromatic heterocycles. The number of anilines is 1. The molecule has 0 saturated carbocycles. The van der Waals surface area contributed by atoms with E-state index in [0.29, 0.717) is 29.4 Å². The van der Waals surface area contributed by atoms with Gasteiger partial charge in [-0.3, -0.25) is 9.48 Å². The minimum absolute atomic E-state index is 0.134. The quantitative estimate of drug-likeness (QED) is 0.858.